The Morgan fingerprint density at radius 1 is 0.200 bits per heavy atom. The summed E-state index contributed by atoms with van der Waals surface area (Å²) in [4.78, 5) is 0. The third-order valence-electron chi connectivity index (χ3n) is 10.4. The molecule has 0 saturated heterocycles. The second-order valence-corrected chi connectivity index (χ2v) is 13.2. The first-order chi connectivity index (χ1) is 24.8. The van der Waals surface area contributed by atoms with E-state index >= 15 is 0 Å². The first-order valence-electron chi connectivity index (χ1n) is 17.4. The van der Waals surface area contributed by atoms with Gasteiger partial charge in [0.15, 0.2) is 0 Å². The van der Waals surface area contributed by atoms with Gasteiger partial charge in [0.25, 0.3) is 0 Å². The van der Waals surface area contributed by atoms with Gasteiger partial charge in [-0.2, -0.15) is 0 Å². The van der Waals surface area contributed by atoms with Gasteiger partial charge in [-0.25, -0.2) is 0 Å². The van der Waals surface area contributed by atoms with Crippen molar-refractivity contribution in [3.8, 4) is 44.5 Å². The lowest BCUT2D eigenvalue weighted by atomic mass is 9.83. The van der Waals surface area contributed by atoms with Gasteiger partial charge in [-0.05, 0) is 117 Å². The minimum atomic E-state index is 1.22. The molecular formula is C50H32. The van der Waals surface area contributed by atoms with Crippen LogP contribution >= 0.6 is 0 Å². The maximum absolute atomic E-state index is 2.42. The van der Waals surface area contributed by atoms with E-state index in [0.717, 1.165) is 0 Å². The highest BCUT2D eigenvalue weighted by atomic mass is 14.2. The molecule has 0 atom stereocenters. The molecule has 0 unspecified atom stereocenters. The van der Waals surface area contributed by atoms with E-state index in [2.05, 4.69) is 194 Å². The van der Waals surface area contributed by atoms with Gasteiger partial charge in [-0.1, -0.05) is 176 Å². The van der Waals surface area contributed by atoms with Gasteiger partial charge in [-0.15, -0.1) is 0 Å². The highest BCUT2D eigenvalue weighted by Crippen LogP contribution is 2.47. The van der Waals surface area contributed by atoms with Crippen molar-refractivity contribution in [3.63, 3.8) is 0 Å². The second-order valence-electron chi connectivity index (χ2n) is 13.2. The summed E-state index contributed by atoms with van der Waals surface area (Å²) in [5.41, 5.74) is 9.96. The Labute approximate surface area is 291 Å². The SMILES string of the molecule is c1ccc2c(-c3cc(-c4cccc5ccccc45)cc(-c4c5ccccc5c(-c5cccc6ccccc56)c5ccccc45)c3)cccc2c1. The molecule has 0 aromatic heterocycles. The van der Waals surface area contributed by atoms with Gasteiger partial charge in [0.05, 0.1) is 0 Å². The molecule has 0 aliphatic rings. The molecule has 10 aromatic rings. The van der Waals surface area contributed by atoms with Gasteiger partial charge in [0, 0.05) is 0 Å². The molecule has 10 rings (SSSR count). The normalized spacial score (nSPS) is 11.6. The molecule has 10 aromatic carbocycles. The van der Waals surface area contributed by atoms with Crippen LogP contribution < -0.4 is 0 Å². The lowest BCUT2D eigenvalue weighted by Crippen LogP contribution is -1.93. The van der Waals surface area contributed by atoms with Crippen LogP contribution in [-0.4, -0.2) is 0 Å². The summed E-state index contributed by atoms with van der Waals surface area (Å²) >= 11 is 0. The van der Waals surface area contributed by atoms with Crippen LogP contribution in [0.25, 0.3) is 98.4 Å². The van der Waals surface area contributed by atoms with Crippen LogP contribution in [0.15, 0.2) is 194 Å². The topological polar surface area (TPSA) is 0 Å². The predicted molar refractivity (Wildman–Crippen MR) is 216 cm³/mol. The highest BCUT2D eigenvalue weighted by molar-refractivity contribution is 6.24. The second kappa shape index (κ2) is 11.6. The molecule has 0 bridgehead atoms. The molecule has 0 spiro atoms. The van der Waals surface area contributed by atoms with Crippen molar-refractivity contribution >= 4 is 53.9 Å². The largest absolute Gasteiger partial charge is 0.0616 e. The molecular weight excluding hydrogens is 601 g/mol. The molecule has 0 aliphatic carbocycles. The van der Waals surface area contributed by atoms with Crippen LogP contribution in [0.5, 0.6) is 0 Å². The summed E-state index contributed by atoms with van der Waals surface area (Å²) in [5.74, 6) is 0. The number of rotatable bonds is 4. The lowest BCUT2D eigenvalue weighted by molar-refractivity contribution is 1.61. The molecule has 0 saturated carbocycles. The maximum atomic E-state index is 2.42. The number of benzene rings is 10. The van der Waals surface area contributed by atoms with Gasteiger partial charge >= 0.3 is 0 Å². The summed E-state index contributed by atoms with van der Waals surface area (Å²) in [5, 5.41) is 12.6. The first kappa shape index (κ1) is 28.5. The third-order valence-corrected chi connectivity index (χ3v) is 10.4. The Bertz CT molecular complexity index is 2760. The van der Waals surface area contributed by atoms with E-state index in [0.29, 0.717) is 0 Å². The monoisotopic (exact) mass is 632 g/mol. The van der Waals surface area contributed by atoms with Crippen LogP contribution in [0.4, 0.5) is 0 Å². The van der Waals surface area contributed by atoms with Gasteiger partial charge in [0.2, 0.25) is 0 Å². The van der Waals surface area contributed by atoms with Crippen molar-refractivity contribution < 1.29 is 0 Å². The average molecular weight is 633 g/mol. The van der Waals surface area contributed by atoms with E-state index in [1.54, 1.807) is 0 Å². The fourth-order valence-corrected chi connectivity index (χ4v) is 8.21. The maximum Gasteiger partial charge on any atom is -0.00201 e. The van der Waals surface area contributed by atoms with E-state index in [1.807, 2.05) is 0 Å². The van der Waals surface area contributed by atoms with Gasteiger partial charge in [0.1, 0.15) is 0 Å². The Morgan fingerprint density at radius 3 is 0.940 bits per heavy atom. The minimum Gasteiger partial charge on any atom is -0.0616 e. The number of hydrogen-bond acceptors (Lipinski definition) is 0. The Hall–Kier alpha value is -6.50. The molecule has 0 amide bonds. The smallest absolute Gasteiger partial charge is 0.00201 e. The molecule has 0 heterocycles. The Balaban J connectivity index is 1.33. The fourth-order valence-electron chi connectivity index (χ4n) is 8.21. The van der Waals surface area contributed by atoms with Crippen LogP contribution in [-0.2, 0) is 0 Å². The van der Waals surface area contributed by atoms with Crippen molar-refractivity contribution in [1.29, 1.82) is 0 Å². The summed E-state index contributed by atoms with van der Waals surface area (Å²) in [7, 11) is 0. The molecule has 0 N–H and O–H groups in total. The summed E-state index contributed by atoms with van der Waals surface area (Å²) in [6.45, 7) is 0. The molecule has 0 fully saturated rings. The highest BCUT2D eigenvalue weighted by Gasteiger charge is 2.19. The summed E-state index contributed by atoms with van der Waals surface area (Å²) in [6, 6.07) is 71.5. The molecule has 0 nitrogen and oxygen atoms in total. The standard InChI is InChI=1S/C50H32/c1-4-20-39-33(14-1)17-11-27-42(39)36-30-37(43-28-12-18-34-15-2-5-21-40(34)43)32-38(31-36)49-45-23-7-9-25-47(45)50(48-26-10-8-24-46(48)49)44-29-13-19-35-16-3-6-22-41(35)44/h1-32H. The zero-order chi connectivity index (χ0) is 33.0. The van der Waals surface area contributed by atoms with E-state index in [9.17, 15) is 0 Å². The van der Waals surface area contributed by atoms with Crippen molar-refractivity contribution in [2.75, 3.05) is 0 Å². The summed E-state index contributed by atoms with van der Waals surface area (Å²) < 4.78 is 0. The number of fused-ring (bicyclic) bond motifs is 5. The lowest BCUT2D eigenvalue weighted by Gasteiger charge is -2.20. The summed E-state index contributed by atoms with van der Waals surface area (Å²) in [6.07, 6.45) is 0. The van der Waals surface area contributed by atoms with E-state index < -0.39 is 0 Å². The zero-order valence-corrected chi connectivity index (χ0v) is 27.5. The van der Waals surface area contributed by atoms with Gasteiger partial charge in [-0.3, -0.25) is 0 Å². The van der Waals surface area contributed by atoms with Crippen molar-refractivity contribution in [2.24, 2.45) is 0 Å². The predicted octanol–water partition coefficient (Wildman–Crippen LogP) is 14.1. The quantitative estimate of drug-likeness (QED) is 0.169. The molecule has 50 heavy (non-hydrogen) atoms. The van der Waals surface area contributed by atoms with Crippen LogP contribution in [0.3, 0.4) is 0 Å². The van der Waals surface area contributed by atoms with Gasteiger partial charge < -0.3 is 0 Å². The van der Waals surface area contributed by atoms with Crippen LogP contribution in [0.2, 0.25) is 0 Å². The van der Waals surface area contributed by atoms with Crippen molar-refractivity contribution in [1.82, 2.24) is 0 Å². The van der Waals surface area contributed by atoms with Crippen LogP contribution in [0, 0.1) is 0 Å². The van der Waals surface area contributed by atoms with Crippen molar-refractivity contribution in [2.45, 2.75) is 0 Å². The molecule has 0 aliphatic heterocycles. The van der Waals surface area contributed by atoms with E-state index in [4.69, 9.17) is 0 Å². The number of hydrogen-bond donors (Lipinski definition) is 0. The molecule has 0 heteroatoms. The molecule has 0 radical (unpaired) electrons. The minimum absolute atomic E-state index is 1.22. The molecule has 232 valence electrons. The first-order valence-corrected chi connectivity index (χ1v) is 17.4. The Morgan fingerprint density at radius 2 is 0.500 bits per heavy atom. The Kier molecular flexibility index (Phi) is 6.60. The van der Waals surface area contributed by atoms with E-state index in [1.165, 1.54) is 98.4 Å². The fraction of sp³-hybridized carbons (Fsp3) is 0. The zero-order valence-electron chi connectivity index (χ0n) is 27.5. The average Bonchev–Trinajstić information content (AvgIpc) is 3.19. The van der Waals surface area contributed by atoms with Crippen LogP contribution in [0.1, 0.15) is 0 Å². The van der Waals surface area contributed by atoms with Crippen molar-refractivity contribution in [3.05, 3.63) is 194 Å². The van der Waals surface area contributed by atoms with E-state index in [-0.39, 0.29) is 0 Å². The third kappa shape index (κ3) is 4.54.